The molecule has 0 radical (unpaired) electrons. The van der Waals surface area contributed by atoms with Gasteiger partial charge in [0, 0.05) is 18.5 Å². The van der Waals surface area contributed by atoms with Crippen molar-refractivity contribution in [3.8, 4) is 0 Å². The van der Waals surface area contributed by atoms with E-state index in [1.165, 1.54) is 25.8 Å². The molecule has 0 atom stereocenters. The summed E-state index contributed by atoms with van der Waals surface area (Å²) in [6.07, 6.45) is 4.20. The van der Waals surface area contributed by atoms with Gasteiger partial charge in [-0.3, -0.25) is 0 Å². The molecule has 0 unspecified atom stereocenters. The fraction of sp³-hybridized carbons (Fsp3) is 0.727. The molecule has 0 saturated heterocycles. The van der Waals surface area contributed by atoms with Crippen molar-refractivity contribution in [1.82, 2.24) is 4.98 Å². The van der Waals surface area contributed by atoms with E-state index in [9.17, 15) is 0 Å². The average molecular weight is 245 g/mol. The molecule has 1 aliphatic carbocycles. The fourth-order valence-electron chi connectivity index (χ4n) is 1.83. The van der Waals surface area contributed by atoms with Gasteiger partial charge in [0.1, 0.15) is 0 Å². The molecule has 2 nitrogen and oxygen atoms in total. The van der Waals surface area contributed by atoms with Crippen LogP contribution < -0.4 is 4.90 Å². The summed E-state index contributed by atoms with van der Waals surface area (Å²) in [4.78, 5) is 6.90. The van der Waals surface area contributed by atoms with Gasteiger partial charge in [0.2, 0.25) is 0 Å². The van der Waals surface area contributed by atoms with E-state index in [4.69, 9.17) is 11.6 Å². The lowest BCUT2D eigenvalue weighted by atomic mass is 9.85. The van der Waals surface area contributed by atoms with Crippen LogP contribution in [0.1, 0.15) is 31.9 Å². The predicted molar refractivity (Wildman–Crippen MR) is 66.9 cm³/mol. The van der Waals surface area contributed by atoms with Crippen molar-refractivity contribution in [1.29, 1.82) is 0 Å². The van der Waals surface area contributed by atoms with Crippen molar-refractivity contribution < 1.29 is 0 Å². The molecule has 0 N–H and O–H groups in total. The summed E-state index contributed by atoms with van der Waals surface area (Å²) in [5.74, 6) is 1.42. The number of halogens is 1. The van der Waals surface area contributed by atoms with E-state index in [1.54, 1.807) is 11.3 Å². The lowest BCUT2D eigenvalue weighted by molar-refractivity contribution is 0.318. The minimum atomic E-state index is 0.525. The molecule has 1 aromatic heterocycles. The Balaban J connectivity index is 1.97. The maximum absolute atomic E-state index is 5.76. The largest absolute Gasteiger partial charge is 0.348 e. The van der Waals surface area contributed by atoms with Crippen molar-refractivity contribution in [2.75, 3.05) is 18.0 Å². The summed E-state index contributed by atoms with van der Waals surface area (Å²) in [7, 11) is 0. The Bertz CT molecular complexity index is 309. The molecule has 0 aliphatic heterocycles. The van der Waals surface area contributed by atoms with Crippen molar-refractivity contribution in [2.24, 2.45) is 5.92 Å². The number of aromatic nitrogens is 1. The Morgan fingerprint density at radius 3 is 2.87 bits per heavy atom. The van der Waals surface area contributed by atoms with E-state index in [2.05, 4.69) is 22.2 Å². The van der Waals surface area contributed by atoms with Gasteiger partial charge in [-0.2, -0.15) is 0 Å². The van der Waals surface area contributed by atoms with E-state index in [1.807, 2.05) is 0 Å². The molecule has 84 valence electrons. The monoisotopic (exact) mass is 244 g/mol. The van der Waals surface area contributed by atoms with Gasteiger partial charge in [-0.1, -0.05) is 6.42 Å². The first-order valence-corrected chi connectivity index (χ1v) is 7.00. The number of hydrogen-bond acceptors (Lipinski definition) is 3. The van der Waals surface area contributed by atoms with Gasteiger partial charge in [0.15, 0.2) is 5.13 Å². The molecular formula is C11H17ClN2S. The van der Waals surface area contributed by atoms with E-state index in [-0.39, 0.29) is 0 Å². The molecular weight excluding hydrogens is 228 g/mol. The van der Waals surface area contributed by atoms with Crippen molar-refractivity contribution in [2.45, 2.75) is 32.1 Å². The summed E-state index contributed by atoms with van der Waals surface area (Å²) >= 11 is 7.47. The minimum Gasteiger partial charge on any atom is -0.348 e. The van der Waals surface area contributed by atoms with E-state index in [0.29, 0.717) is 5.88 Å². The van der Waals surface area contributed by atoms with Crippen molar-refractivity contribution >= 4 is 28.1 Å². The quantitative estimate of drug-likeness (QED) is 0.737. The van der Waals surface area contributed by atoms with Gasteiger partial charge in [0.05, 0.1) is 11.6 Å². The first-order valence-electron chi connectivity index (χ1n) is 5.58. The van der Waals surface area contributed by atoms with Crippen LogP contribution in [0, 0.1) is 5.92 Å². The first kappa shape index (κ1) is 11.2. The zero-order valence-electron chi connectivity index (χ0n) is 9.08. The molecule has 0 aromatic carbocycles. The Kier molecular flexibility index (Phi) is 3.87. The predicted octanol–water partition coefficient (Wildman–Crippen LogP) is 3.51. The average Bonchev–Trinajstić information content (AvgIpc) is 2.65. The van der Waals surface area contributed by atoms with Crippen LogP contribution in [0.25, 0.3) is 0 Å². The van der Waals surface area contributed by atoms with Crippen LogP contribution in [-0.2, 0) is 5.88 Å². The van der Waals surface area contributed by atoms with Gasteiger partial charge in [0.25, 0.3) is 0 Å². The second kappa shape index (κ2) is 5.17. The molecule has 4 heteroatoms. The number of anilines is 1. The minimum absolute atomic E-state index is 0.525. The van der Waals surface area contributed by atoms with E-state index < -0.39 is 0 Å². The van der Waals surface area contributed by atoms with Gasteiger partial charge in [-0.05, 0) is 25.7 Å². The second-order valence-corrected chi connectivity index (χ2v) is 5.19. The highest BCUT2D eigenvalue weighted by atomic mass is 35.5. The van der Waals surface area contributed by atoms with Gasteiger partial charge in [-0.15, -0.1) is 22.9 Å². The van der Waals surface area contributed by atoms with Crippen LogP contribution >= 0.6 is 22.9 Å². The molecule has 0 bridgehead atoms. The van der Waals surface area contributed by atoms with Crippen molar-refractivity contribution in [3.63, 3.8) is 0 Å². The molecule has 2 rings (SSSR count). The highest BCUT2D eigenvalue weighted by molar-refractivity contribution is 7.13. The number of rotatable bonds is 5. The molecule has 0 amide bonds. The Morgan fingerprint density at radius 1 is 1.60 bits per heavy atom. The van der Waals surface area contributed by atoms with Gasteiger partial charge >= 0.3 is 0 Å². The highest BCUT2D eigenvalue weighted by Gasteiger charge is 2.21. The zero-order valence-corrected chi connectivity index (χ0v) is 10.7. The third kappa shape index (κ3) is 2.64. The normalized spacial score (nSPS) is 16.4. The summed E-state index contributed by atoms with van der Waals surface area (Å²) < 4.78 is 0. The smallest absolute Gasteiger partial charge is 0.185 e. The third-order valence-corrected chi connectivity index (χ3v) is 4.26. The van der Waals surface area contributed by atoms with Crippen LogP contribution in [-0.4, -0.2) is 18.1 Å². The molecule has 15 heavy (non-hydrogen) atoms. The molecule has 1 aliphatic rings. The van der Waals surface area contributed by atoms with Crippen LogP contribution in [0.2, 0.25) is 0 Å². The summed E-state index contributed by atoms with van der Waals surface area (Å²) in [6, 6.07) is 0. The lowest BCUT2D eigenvalue weighted by Gasteiger charge is -2.31. The topological polar surface area (TPSA) is 16.1 Å². The Morgan fingerprint density at radius 2 is 2.40 bits per heavy atom. The van der Waals surface area contributed by atoms with Gasteiger partial charge < -0.3 is 4.90 Å². The molecule has 1 heterocycles. The lowest BCUT2D eigenvalue weighted by Crippen LogP contribution is -2.32. The Labute approximate surface area is 100 Å². The van der Waals surface area contributed by atoms with E-state index >= 15 is 0 Å². The van der Waals surface area contributed by atoms with Crippen LogP contribution in [0.4, 0.5) is 5.13 Å². The Hall–Kier alpha value is -0.280. The summed E-state index contributed by atoms with van der Waals surface area (Å²) in [6.45, 7) is 4.41. The number of nitrogens with zero attached hydrogens (tertiary/aromatic N) is 2. The molecule has 1 fully saturated rings. The SMILES string of the molecule is CCN(CC1CCC1)c1nc(CCl)cs1. The van der Waals surface area contributed by atoms with Crippen LogP contribution in [0.5, 0.6) is 0 Å². The number of hydrogen-bond donors (Lipinski definition) is 0. The number of thiazole rings is 1. The van der Waals surface area contributed by atoms with Crippen LogP contribution in [0.3, 0.4) is 0 Å². The van der Waals surface area contributed by atoms with Crippen LogP contribution in [0.15, 0.2) is 5.38 Å². The summed E-state index contributed by atoms with van der Waals surface area (Å²) in [5, 5.41) is 3.20. The van der Waals surface area contributed by atoms with E-state index in [0.717, 1.165) is 23.3 Å². The fourth-order valence-corrected chi connectivity index (χ4v) is 2.96. The van der Waals surface area contributed by atoms with Gasteiger partial charge in [-0.25, -0.2) is 4.98 Å². The summed E-state index contributed by atoms with van der Waals surface area (Å²) in [5.41, 5.74) is 1.00. The zero-order chi connectivity index (χ0) is 10.7. The van der Waals surface area contributed by atoms with Crippen molar-refractivity contribution in [3.05, 3.63) is 11.1 Å². The standard InChI is InChI=1S/C11H17ClN2S/c1-2-14(7-9-4-3-5-9)11-13-10(6-12)8-15-11/h8-9H,2-7H2,1H3. The third-order valence-electron chi connectivity index (χ3n) is 3.03. The highest BCUT2D eigenvalue weighted by Crippen LogP contribution is 2.30. The maximum Gasteiger partial charge on any atom is 0.185 e. The molecule has 0 spiro atoms. The molecule has 1 saturated carbocycles. The maximum atomic E-state index is 5.76. The second-order valence-electron chi connectivity index (χ2n) is 4.09. The number of alkyl halides is 1. The molecule has 1 aromatic rings. The first-order chi connectivity index (χ1) is 7.33.